The number of nitrogens with zero attached hydrogens (tertiary/aromatic N) is 1. The predicted octanol–water partition coefficient (Wildman–Crippen LogP) is -0.915. The Balaban J connectivity index is 0. The molecule has 0 aliphatic rings. The Morgan fingerprint density at radius 3 is 2.47 bits per heavy atom. The molecule has 0 heterocycles. The van der Waals surface area contributed by atoms with Gasteiger partial charge in [0, 0.05) is 26.2 Å². The van der Waals surface area contributed by atoms with Crippen LogP contribution in [0.1, 0.15) is 13.3 Å². The summed E-state index contributed by atoms with van der Waals surface area (Å²) in [5.41, 5.74) is 5.30. The second kappa shape index (κ2) is 8.65. The van der Waals surface area contributed by atoms with Gasteiger partial charge in [-0.3, -0.25) is 4.79 Å². The first-order valence-electron chi connectivity index (χ1n) is 4.84. The first kappa shape index (κ1) is 18.9. The van der Waals surface area contributed by atoms with Crippen LogP contribution >= 0.6 is 12.4 Å². The zero-order valence-corrected chi connectivity index (χ0v) is 11.8. The quantitative estimate of drug-likeness (QED) is 0.591. The highest BCUT2D eigenvalue weighted by Gasteiger charge is 2.20. The third kappa shape index (κ3) is 7.50. The number of carbonyl (C=O) groups excluding carboxylic acids is 1. The van der Waals surface area contributed by atoms with Gasteiger partial charge in [-0.15, -0.1) is 12.4 Å². The maximum absolute atomic E-state index is 11.6. The molecule has 0 aliphatic carbocycles. The molecule has 9 heteroatoms. The number of carbonyl (C=O) groups is 1. The Morgan fingerprint density at radius 1 is 1.53 bits per heavy atom. The van der Waals surface area contributed by atoms with E-state index < -0.39 is 16.2 Å². The van der Waals surface area contributed by atoms with Crippen LogP contribution in [0.15, 0.2) is 0 Å². The third-order valence-electron chi connectivity index (χ3n) is 1.97. The number of hydrogen-bond donors (Lipinski definition) is 2. The molecule has 0 spiro atoms. The molecular formula is C8H20ClN3O4S. The Hall–Kier alpha value is -0.410. The number of methoxy groups -OCH3 is 1. The van der Waals surface area contributed by atoms with E-state index in [2.05, 4.69) is 9.46 Å². The van der Waals surface area contributed by atoms with E-state index in [4.69, 9.17) is 5.73 Å². The van der Waals surface area contributed by atoms with Crippen molar-refractivity contribution < 1.29 is 17.9 Å². The first-order valence-corrected chi connectivity index (χ1v) is 6.28. The summed E-state index contributed by atoms with van der Waals surface area (Å²) in [6, 6.07) is -0.342. The summed E-state index contributed by atoms with van der Waals surface area (Å²) in [6.45, 7) is 1.94. The van der Waals surface area contributed by atoms with Gasteiger partial charge in [0.2, 0.25) is 0 Å². The second-order valence-electron chi connectivity index (χ2n) is 3.41. The van der Waals surface area contributed by atoms with Gasteiger partial charge < -0.3 is 10.5 Å². The van der Waals surface area contributed by atoms with Crippen LogP contribution in [-0.4, -0.2) is 52.0 Å². The van der Waals surface area contributed by atoms with Gasteiger partial charge in [0.1, 0.15) is 0 Å². The van der Waals surface area contributed by atoms with E-state index in [0.717, 1.165) is 4.31 Å². The smallest absolute Gasteiger partial charge is 0.306 e. The lowest BCUT2D eigenvalue weighted by Gasteiger charge is -2.19. The minimum Gasteiger partial charge on any atom is -0.469 e. The van der Waals surface area contributed by atoms with Crippen molar-refractivity contribution in [3.05, 3.63) is 0 Å². The van der Waals surface area contributed by atoms with Crippen LogP contribution in [0.2, 0.25) is 0 Å². The molecule has 0 fully saturated rings. The monoisotopic (exact) mass is 289 g/mol. The maximum Gasteiger partial charge on any atom is 0.306 e. The fourth-order valence-electron chi connectivity index (χ4n) is 0.863. The van der Waals surface area contributed by atoms with Crippen LogP contribution in [0.5, 0.6) is 0 Å². The second-order valence-corrected chi connectivity index (χ2v) is 5.22. The van der Waals surface area contributed by atoms with Gasteiger partial charge in [0.15, 0.2) is 0 Å². The molecule has 104 valence electrons. The number of nitrogens with two attached hydrogens (primary N) is 1. The molecule has 17 heavy (non-hydrogen) atoms. The fourth-order valence-corrected chi connectivity index (χ4v) is 1.98. The highest BCUT2D eigenvalue weighted by Crippen LogP contribution is 1.98. The highest BCUT2D eigenvalue weighted by molar-refractivity contribution is 7.87. The average Bonchev–Trinajstić information content (AvgIpc) is 2.24. The zero-order chi connectivity index (χ0) is 12.8. The van der Waals surface area contributed by atoms with Crippen molar-refractivity contribution in [2.24, 2.45) is 5.73 Å². The van der Waals surface area contributed by atoms with E-state index in [1.54, 1.807) is 6.92 Å². The molecule has 3 N–H and O–H groups in total. The lowest BCUT2D eigenvalue weighted by Crippen LogP contribution is -2.45. The molecule has 0 aliphatic heterocycles. The van der Waals surface area contributed by atoms with E-state index in [9.17, 15) is 13.2 Å². The molecule has 0 aromatic carbocycles. The lowest BCUT2D eigenvalue weighted by atomic mass is 10.4. The van der Waals surface area contributed by atoms with E-state index in [0.29, 0.717) is 0 Å². The summed E-state index contributed by atoms with van der Waals surface area (Å²) < 4.78 is 31.1. The Morgan fingerprint density at radius 2 is 2.06 bits per heavy atom. The van der Waals surface area contributed by atoms with E-state index in [1.807, 2.05) is 0 Å². The molecule has 7 nitrogen and oxygen atoms in total. The van der Waals surface area contributed by atoms with Crippen molar-refractivity contribution in [2.45, 2.75) is 19.4 Å². The van der Waals surface area contributed by atoms with Gasteiger partial charge in [-0.2, -0.15) is 17.4 Å². The summed E-state index contributed by atoms with van der Waals surface area (Å²) in [4.78, 5) is 10.8. The van der Waals surface area contributed by atoms with Crippen molar-refractivity contribution in [1.29, 1.82) is 0 Å². The van der Waals surface area contributed by atoms with Gasteiger partial charge in [-0.25, -0.2) is 0 Å². The summed E-state index contributed by atoms with van der Waals surface area (Å²) in [7, 11) is -0.941. The van der Waals surface area contributed by atoms with Crippen molar-refractivity contribution in [1.82, 2.24) is 9.03 Å². The minimum atomic E-state index is -3.58. The van der Waals surface area contributed by atoms with Gasteiger partial charge in [-0.1, -0.05) is 0 Å². The van der Waals surface area contributed by atoms with Gasteiger partial charge >= 0.3 is 5.97 Å². The Kier molecular flexibility index (Phi) is 9.64. The van der Waals surface area contributed by atoms with Gasteiger partial charge in [-0.05, 0) is 6.92 Å². The average molecular weight is 290 g/mol. The number of hydrogen-bond acceptors (Lipinski definition) is 5. The minimum absolute atomic E-state index is 0. The molecule has 0 aromatic heterocycles. The van der Waals surface area contributed by atoms with Crippen molar-refractivity contribution in [3.63, 3.8) is 0 Å². The SMILES string of the molecule is COC(=O)CCN(C)S(=O)(=O)N[C@@H](C)CN.Cl. The van der Waals surface area contributed by atoms with Crippen molar-refractivity contribution in [3.8, 4) is 0 Å². The zero-order valence-electron chi connectivity index (χ0n) is 10.2. The molecule has 0 aromatic rings. The molecule has 0 radical (unpaired) electrons. The van der Waals surface area contributed by atoms with Gasteiger partial charge in [0.05, 0.1) is 13.5 Å². The molecule has 0 unspecified atom stereocenters. The van der Waals surface area contributed by atoms with E-state index >= 15 is 0 Å². The van der Waals surface area contributed by atoms with Crippen LogP contribution in [0, 0.1) is 0 Å². The largest absolute Gasteiger partial charge is 0.469 e. The molecule has 0 saturated carbocycles. The first-order chi connectivity index (χ1) is 7.33. The standard InChI is InChI=1S/C8H19N3O4S.ClH/c1-7(6-9)10-16(13,14)11(2)5-4-8(12)15-3;/h7,10H,4-6,9H2,1-3H3;1H/t7-;/m0./s1. The topological polar surface area (TPSA) is 102 Å². The molecule has 1 atom stereocenters. The highest BCUT2D eigenvalue weighted by atomic mass is 35.5. The van der Waals surface area contributed by atoms with E-state index in [-0.39, 0.29) is 38.0 Å². The fraction of sp³-hybridized carbons (Fsp3) is 0.875. The van der Waals surface area contributed by atoms with Crippen LogP contribution in [-0.2, 0) is 19.7 Å². The number of ether oxygens (including phenoxy) is 1. The normalized spacial score (nSPS) is 13.0. The van der Waals surface area contributed by atoms with E-state index in [1.165, 1.54) is 14.2 Å². The van der Waals surface area contributed by atoms with Crippen molar-refractivity contribution in [2.75, 3.05) is 27.2 Å². The van der Waals surface area contributed by atoms with Crippen LogP contribution in [0.3, 0.4) is 0 Å². The maximum atomic E-state index is 11.6. The summed E-state index contributed by atoms with van der Waals surface area (Å²) in [6.07, 6.45) is 0.0188. The van der Waals surface area contributed by atoms with Crippen molar-refractivity contribution >= 4 is 28.6 Å². The third-order valence-corrected chi connectivity index (χ3v) is 3.68. The van der Waals surface area contributed by atoms with Crippen LogP contribution < -0.4 is 10.5 Å². The molecular weight excluding hydrogens is 270 g/mol. The number of nitrogens with one attached hydrogen (secondary N) is 1. The lowest BCUT2D eigenvalue weighted by molar-refractivity contribution is -0.140. The summed E-state index contributed by atoms with van der Waals surface area (Å²) in [5.74, 6) is -0.450. The predicted molar refractivity (Wildman–Crippen MR) is 67.1 cm³/mol. The summed E-state index contributed by atoms with van der Waals surface area (Å²) in [5, 5.41) is 0. The van der Waals surface area contributed by atoms with Crippen LogP contribution in [0.25, 0.3) is 0 Å². The number of esters is 1. The Labute approximate surface area is 108 Å². The van der Waals surface area contributed by atoms with Gasteiger partial charge in [0.25, 0.3) is 10.2 Å². The molecule has 0 bridgehead atoms. The molecule has 0 amide bonds. The Bertz CT molecular complexity index is 323. The molecule has 0 rings (SSSR count). The number of rotatable bonds is 7. The number of halogens is 1. The van der Waals surface area contributed by atoms with Crippen LogP contribution in [0.4, 0.5) is 0 Å². The summed E-state index contributed by atoms with van der Waals surface area (Å²) >= 11 is 0. The molecule has 0 saturated heterocycles.